The first kappa shape index (κ1) is 13.1. The Kier molecular flexibility index (Phi) is 4.42. The maximum absolute atomic E-state index is 8.91. The first-order valence-corrected chi connectivity index (χ1v) is 6.18. The van der Waals surface area contributed by atoms with E-state index in [9.17, 15) is 0 Å². The molecule has 1 aromatic heterocycles. The lowest BCUT2D eigenvalue weighted by atomic mass is 10.2. The zero-order chi connectivity index (χ0) is 13.0. The van der Waals surface area contributed by atoms with Gasteiger partial charge in [0.2, 0.25) is 0 Å². The molecule has 18 heavy (non-hydrogen) atoms. The number of nitrogens with zero attached hydrogens (tertiary/aromatic N) is 1. The van der Waals surface area contributed by atoms with Gasteiger partial charge in [-0.2, -0.15) is 0 Å². The number of halogens is 2. The molecular formula is C13H12Cl2N2O. The molecule has 0 aliphatic heterocycles. The average Bonchev–Trinajstić information content (AvgIpc) is 2.41. The summed E-state index contributed by atoms with van der Waals surface area (Å²) < 4.78 is 0. The van der Waals surface area contributed by atoms with Crippen molar-refractivity contribution in [1.82, 2.24) is 4.98 Å². The zero-order valence-corrected chi connectivity index (χ0v) is 11.0. The van der Waals surface area contributed by atoms with Crippen molar-refractivity contribution in [2.24, 2.45) is 0 Å². The van der Waals surface area contributed by atoms with E-state index >= 15 is 0 Å². The number of nitrogens with one attached hydrogen (secondary N) is 1. The maximum Gasteiger partial charge on any atom is 0.126 e. The van der Waals surface area contributed by atoms with Crippen molar-refractivity contribution in [2.45, 2.75) is 13.2 Å². The van der Waals surface area contributed by atoms with Gasteiger partial charge in [-0.25, -0.2) is 4.98 Å². The molecule has 0 unspecified atom stereocenters. The molecule has 0 radical (unpaired) electrons. The van der Waals surface area contributed by atoms with Gasteiger partial charge < -0.3 is 10.4 Å². The number of pyridine rings is 1. The molecule has 0 atom stereocenters. The maximum atomic E-state index is 8.91. The van der Waals surface area contributed by atoms with E-state index < -0.39 is 0 Å². The fourth-order valence-corrected chi connectivity index (χ4v) is 1.79. The lowest BCUT2D eigenvalue weighted by molar-refractivity contribution is 0.281. The van der Waals surface area contributed by atoms with Crippen LogP contribution in [0.25, 0.3) is 0 Å². The Labute approximate surface area is 115 Å². The van der Waals surface area contributed by atoms with E-state index in [0.717, 1.165) is 16.9 Å². The molecule has 3 nitrogen and oxygen atoms in total. The highest BCUT2D eigenvalue weighted by atomic mass is 35.5. The average molecular weight is 283 g/mol. The van der Waals surface area contributed by atoms with Gasteiger partial charge in [-0.05, 0) is 29.3 Å². The van der Waals surface area contributed by atoms with Crippen LogP contribution in [0.5, 0.6) is 0 Å². The van der Waals surface area contributed by atoms with Crippen LogP contribution < -0.4 is 5.32 Å². The summed E-state index contributed by atoms with van der Waals surface area (Å²) in [6, 6.07) is 9.14. The summed E-state index contributed by atoms with van der Waals surface area (Å²) in [5, 5.41) is 13.2. The summed E-state index contributed by atoms with van der Waals surface area (Å²) in [7, 11) is 0. The number of hydrogen-bond acceptors (Lipinski definition) is 3. The van der Waals surface area contributed by atoms with Gasteiger partial charge in [0.05, 0.1) is 16.7 Å². The highest BCUT2D eigenvalue weighted by Crippen LogP contribution is 2.22. The SMILES string of the molecule is OCc1ccc(NCc2ccc(Cl)c(Cl)c2)nc1. The fourth-order valence-electron chi connectivity index (χ4n) is 1.46. The van der Waals surface area contributed by atoms with Gasteiger partial charge in [0.25, 0.3) is 0 Å². The topological polar surface area (TPSA) is 45.1 Å². The second-order valence-corrected chi connectivity index (χ2v) is 4.63. The van der Waals surface area contributed by atoms with Gasteiger partial charge in [0, 0.05) is 12.7 Å². The number of benzene rings is 1. The minimum absolute atomic E-state index is 0.0000717. The van der Waals surface area contributed by atoms with E-state index in [-0.39, 0.29) is 6.61 Å². The standard InChI is InChI=1S/C13H12Cl2N2O/c14-11-3-1-9(5-12(11)15)6-16-13-4-2-10(8-18)7-17-13/h1-5,7,18H,6,8H2,(H,16,17). The molecule has 2 N–H and O–H groups in total. The van der Waals surface area contributed by atoms with E-state index in [1.165, 1.54) is 0 Å². The van der Waals surface area contributed by atoms with Gasteiger partial charge in [0.1, 0.15) is 5.82 Å². The Balaban J connectivity index is 1.99. The number of aliphatic hydroxyl groups excluding tert-OH is 1. The third-order valence-corrected chi connectivity index (χ3v) is 3.20. The summed E-state index contributed by atoms with van der Waals surface area (Å²) in [6.07, 6.45) is 1.64. The fraction of sp³-hybridized carbons (Fsp3) is 0.154. The number of aliphatic hydroxyl groups is 1. The Morgan fingerprint density at radius 3 is 2.44 bits per heavy atom. The molecule has 0 aliphatic carbocycles. The van der Waals surface area contributed by atoms with Crippen LogP contribution in [0.2, 0.25) is 10.0 Å². The molecule has 2 rings (SSSR count). The number of aromatic nitrogens is 1. The van der Waals surface area contributed by atoms with Gasteiger partial charge >= 0.3 is 0 Å². The van der Waals surface area contributed by atoms with E-state index in [1.807, 2.05) is 24.3 Å². The highest BCUT2D eigenvalue weighted by Gasteiger charge is 2.00. The molecular weight excluding hydrogens is 271 g/mol. The molecule has 2 aromatic rings. The smallest absolute Gasteiger partial charge is 0.126 e. The summed E-state index contributed by atoms with van der Waals surface area (Å²) in [4.78, 5) is 4.17. The van der Waals surface area contributed by atoms with Crippen molar-refractivity contribution in [3.63, 3.8) is 0 Å². The number of rotatable bonds is 4. The predicted molar refractivity (Wildman–Crippen MR) is 73.9 cm³/mol. The molecule has 0 saturated heterocycles. The lowest BCUT2D eigenvalue weighted by Crippen LogP contribution is -2.01. The van der Waals surface area contributed by atoms with E-state index in [2.05, 4.69) is 10.3 Å². The third-order valence-electron chi connectivity index (χ3n) is 2.46. The van der Waals surface area contributed by atoms with Crippen molar-refractivity contribution >= 4 is 29.0 Å². The molecule has 1 heterocycles. The van der Waals surface area contributed by atoms with E-state index in [4.69, 9.17) is 28.3 Å². The van der Waals surface area contributed by atoms with Crippen molar-refractivity contribution < 1.29 is 5.11 Å². The number of hydrogen-bond donors (Lipinski definition) is 2. The van der Waals surface area contributed by atoms with Crippen LogP contribution in [0, 0.1) is 0 Å². The Morgan fingerprint density at radius 2 is 1.83 bits per heavy atom. The summed E-state index contributed by atoms with van der Waals surface area (Å²) >= 11 is 11.8. The molecule has 0 aliphatic rings. The Bertz CT molecular complexity index is 529. The molecule has 0 fully saturated rings. The van der Waals surface area contributed by atoms with Crippen molar-refractivity contribution in [2.75, 3.05) is 5.32 Å². The minimum atomic E-state index is 0.0000717. The largest absolute Gasteiger partial charge is 0.392 e. The predicted octanol–water partition coefficient (Wildman–Crippen LogP) is 3.49. The summed E-state index contributed by atoms with van der Waals surface area (Å²) in [5.41, 5.74) is 1.81. The first-order chi connectivity index (χ1) is 8.69. The lowest BCUT2D eigenvalue weighted by Gasteiger charge is -2.07. The second kappa shape index (κ2) is 6.05. The molecule has 0 spiro atoms. The summed E-state index contributed by atoms with van der Waals surface area (Å²) in [6.45, 7) is 0.614. The van der Waals surface area contributed by atoms with Crippen LogP contribution in [0.1, 0.15) is 11.1 Å². The van der Waals surface area contributed by atoms with Gasteiger partial charge in [-0.15, -0.1) is 0 Å². The molecule has 1 aromatic carbocycles. The molecule has 0 amide bonds. The van der Waals surface area contributed by atoms with Crippen molar-refractivity contribution in [3.8, 4) is 0 Å². The summed E-state index contributed by atoms with van der Waals surface area (Å²) in [5.74, 6) is 0.748. The van der Waals surface area contributed by atoms with Gasteiger partial charge in [0.15, 0.2) is 0 Å². The van der Waals surface area contributed by atoms with E-state index in [1.54, 1.807) is 12.3 Å². The van der Waals surface area contributed by atoms with Crippen molar-refractivity contribution in [1.29, 1.82) is 0 Å². The van der Waals surface area contributed by atoms with Crippen LogP contribution in [0.4, 0.5) is 5.82 Å². The third kappa shape index (κ3) is 3.35. The molecule has 0 saturated carbocycles. The quantitative estimate of drug-likeness (QED) is 0.902. The zero-order valence-electron chi connectivity index (χ0n) is 9.53. The monoisotopic (exact) mass is 282 g/mol. The molecule has 94 valence electrons. The van der Waals surface area contributed by atoms with Gasteiger partial charge in [-0.1, -0.05) is 35.3 Å². The first-order valence-electron chi connectivity index (χ1n) is 5.42. The molecule has 5 heteroatoms. The second-order valence-electron chi connectivity index (χ2n) is 3.81. The van der Waals surface area contributed by atoms with Crippen LogP contribution in [-0.4, -0.2) is 10.1 Å². The van der Waals surface area contributed by atoms with E-state index in [0.29, 0.717) is 16.6 Å². The van der Waals surface area contributed by atoms with Crippen LogP contribution in [0.15, 0.2) is 36.5 Å². The van der Waals surface area contributed by atoms with Crippen LogP contribution in [0.3, 0.4) is 0 Å². The van der Waals surface area contributed by atoms with Gasteiger partial charge in [-0.3, -0.25) is 0 Å². The number of anilines is 1. The van der Waals surface area contributed by atoms with Crippen LogP contribution >= 0.6 is 23.2 Å². The normalized spacial score (nSPS) is 10.4. The highest BCUT2D eigenvalue weighted by molar-refractivity contribution is 6.42. The van der Waals surface area contributed by atoms with Crippen LogP contribution in [-0.2, 0) is 13.2 Å². The Hall–Kier alpha value is -1.29. The minimum Gasteiger partial charge on any atom is -0.392 e. The van der Waals surface area contributed by atoms with Crippen molar-refractivity contribution in [3.05, 3.63) is 57.7 Å². The Morgan fingerprint density at radius 1 is 1.06 bits per heavy atom. The molecule has 0 bridgehead atoms.